The van der Waals surface area contributed by atoms with Crippen molar-refractivity contribution in [1.29, 1.82) is 10.8 Å². The molecule has 2 aromatic heterocycles. The number of fused-ring (bicyclic) bond motifs is 1. The highest BCUT2D eigenvalue weighted by Crippen LogP contribution is 2.25. The van der Waals surface area contributed by atoms with Crippen LogP contribution in [0.4, 0.5) is 22.7 Å². The average Bonchev–Trinajstić information content (AvgIpc) is 3.62. The van der Waals surface area contributed by atoms with E-state index >= 15 is 0 Å². The second-order valence-electron chi connectivity index (χ2n) is 13.1. The third-order valence-electron chi connectivity index (χ3n) is 7.96. The third-order valence-corrected chi connectivity index (χ3v) is 7.96. The Bertz CT molecular complexity index is 1630. The van der Waals surface area contributed by atoms with Crippen LogP contribution in [0.3, 0.4) is 0 Å². The number of nitrogens with one attached hydrogen (secondary N) is 6. The lowest BCUT2D eigenvalue weighted by atomic mass is 10.1. The van der Waals surface area contributed by atoms with Crippen molar-refractivity contribution in [3.63, 3.8) is 0 Å². The van der Waals surface area contributed by atoms with Gasteiger partial charge in [0.05, 0.1) is 23.0 Å². The van der Waals surface area contributed by atoms with Crippen LogP contribution < -0.4 is 32.7 Å². The van der Waals surface area contributed by atoms with Crippen molar-refractivity contribution >= 4 is 57.0 Å². The standard InChI is InChI=1S/C36H50N10O2/c1-23(2)11-15-45-21-29(41-13-9-33(37)38)19-31(45)35(47)43-27-7-5-25-6-8-28(18-26(25)17-27)44-36(48)32-20-30(42-14-10-34(39)40)22-46(32)16-12-24(3)4/h5-8,17-24,41-42H,9-16H2,1-4H3,(H3,37,38)(H3,39,40)(H,43,47)(H,44,48). The number of hydrogen-bond acceptors (Lipinski definition) is 6. The van der Waals surface area contributed by atoms with Gasteiger partial charge in [-0.25, -0.2) is 0 Å². The quantitative estimate of drug-likeness (QED) is 0.0445. The number of rotatable bonds is 18. The monoisotopic (exact) mass is 654 g/mol. The highest BCUT2D eigenvalue weighted by Gasteiger charge is 2.17. The van der Waals surface area contributed by atoms with E-state index in [1.165, 1.54) is 0 Å². The van der Waals surface area contributed by atoms with Crippen molar-refractivity contribution in [2.24, 2.45) is 23.3 Å². The summed E-state index contributed by atoms with van der Waals surface area (Å²) in [6, 6.07) is 15.1. The van der Waals surface area contributed by atoms with Gasteiger partial charge in [0.2, 0.25) is 0 Å². The molecule has 12 heteroatoms. The van der Waals surface area contributed by atoms with Crippen molar-refractivity contribution in [1.82, 2.24) is 9.13 Å². The Morgan fingerprint density at radius 3 is 1.44 bits per heavy atom. The van der Waals surface area contributed by atoms with Gasteiger partial charge in [0.25, 0.3) is 11.8 Å². The summed E-state index contributed by atoms with van der Waals surface area (Å²) in [5.41, 5.74) is 15.0. The van der Waals surface area contributed by atoms with Gasteiger partial charge in [-0.3, -0.25) is 20.4 Å². The van der Waals surface area contributed by atoms with Crippen LogP contribution in [0.15, 0.2) is 60.9 Å². The van der Waals surface area contributed by atoms with Crippen LogP contribution in [-0.2, 0) is 13.1 Å². The number of nitrogens with two attached hydrogens (primary N) is 2. The molecule has 0 aliphatic heterocycles. The van der Waals surface area contributed by atoms with E-state index in [2.05, 4.69) is 49.0 Å². The van der Waals surface area contributed by atoms with Gasteiger partial charge in [-0.15, -0.1) is 0 Å². The van der Waals surface area contributed by atoms with Gasteiger partial charge in [0, 0.05) is 62.8 Å². The Kier molecular flexibility index (Phi) is 12.3. The largest absolute Gasteiger partial charge is 0.388 e. The SMILES string of the molecule is CC(C)CCn1cc(NCCC(=N)N)cc1C(=O)Nc1ccc2ccc(NC(=O)c3cc(NCCC(=N)N)cn3CCC(C)C)cc2c1. The van der Waals surface area contributed by atoms with Crippen LogP contribution in [0.1, 0.15) is 74.4 Å². The second kappa shape index (κ2) is 16.5. The van der Waals surface area contributed by atoms with Gasteiger partial charge >= 0.3 is 0 Å². The Labute approximate surface area is 282 Å². The summed E-state index contributed by atoms with van der Waals surface area (Å²) in [7, 11) is 0. The maximum atomic E-state index is 13.5. The summed E-state index contributed by atoms with van der Waals surface area (Å²) in [6.07, 6.45) is 6.54. The number of carbonyl (C=O) groups is 2. The lowest BCUT2D eigenvalue weighted by molar-refractivity contribution is 0.101. The van der Waals surface area contributed by atoms with E-state index in [0.717, 1.165) is 35.0 Å². The first-order valence-electron chi connectivity index (χ1n) is 16.6. The molecule has 12 nitrogen and oxygen atoms in total. The fraction of sp³-hybridized carbons (Fsp3) is 0.389. The number of amides is 2. The van der Waals surface area contributed by atoms with Crippen LogP contribution in [0.25, 0.3) is 10.8 Å². The molecule has 0 atom stereocenters. The summed E-state index contributed by atoms with van der Waals surface area (Å²) >= 11 is 0. The van der Waals surface area contributed by atoms with E-state index in [1.54, 1.807) is 0 Å². The Balaban J connectivity index is 1.50. The first kappa shape index (κ1) is 35.6. The topological polar surface area (TPSA) is 192 Å². The zero-order valence-corrected chi connectivity index (χ0v) is 28.5. The fourth-order valence-corrected chi connectivity index (χ4v) is 5.24. The molecule has 256 valence electrons. The van der Waals surface area contributed by atoms with Crippen molar-refractivity contribution in [3.8, 4) is 0 Å². The maximum absolute atomic E-state index is 13.5. The molecule has 0 saturated carbocycles. The second-order valence-corrected chi connectivity index (χ2v) is 13.1. The molecular formula is C36H50N10O2. The zero-order valence-electron chi connectivity index (χ0n) is 28.5. The molecule has 4 aromatic rings. The summed E-state index contributed by atoms with van der Waals surface area (Å²) in [6.45, 7) is 11.0. The van der Waals surface area contributed by atoms with Crippen LogP contribution >= 0.6 is 0 Å². The van der Waals surface area contributed by atoms with Gasteiger partial charge in [-0.05, 0) is 71.8 Å². The van der Waals surface area contributed by atoms with E-state index < -0.39 is 0 Å². The minimum absolute atomic E-state index is 0.110. The molecule has 0 spiro atoms. The molecule has 48 heavy (non-hydrogen) atoms. The van der Waals surface area contributed by atoms with E-state index in [-0.39, 0.29) is 23.5 Å². The lowest BCUT2D eigenvalue weighted by Gasteiger charge is -2.13. The first-order chi connectivity index (χ1) is 22.9. The van der Waals surface area contributed by atoms with Crippen LogP contribution in [-0.4, -0.2) is 45.7 Å². The minimum atomic E-state index is -0.225. The minimum Gasteiger partial charge on any atom is -0.388 e. The smallest absolute Gasteiger partial charge is 0.272 e. The molecule has 0 aliphatic carbocycles. The zero-order chi connectivity index (χ0) is 34.8. The number of benzene rings is 2. The molecule has 4 rings (SSSR count). The maximum Gasteiger partial charge on any atom is 0.272 e. The van der Waals surface area contributed by atoms with E-state index in [0.29, 0.717) is 73.6 Å². The van der Waals surface area contributed by atoms with Crippen molar-refractivity contribution in [2.45, 2.75) is 66.5 Å². The molecule has 2 heterocycles. The normalized spacial score (nSPS) is 11.2. The van der Waals surface area contributed by atoms with Crippen molar-refractivity contribution in [3.05, 3.63) is 72.3 Å². The van der Waals surface area contributed by atoms with E-state index in [9.17, 15) is 9.59 Å². The van der Waals surface area contributed by atoms with Crippen molar-refractivity contribution in [2.75, 3.05) is 34.4 Å². The fourth-order valence-electron chi connectivity index (χ4n) is 5.24. The average molecular weight is 655 g/mol. The number of aromatic nitrogens is 2. The number of carbonyl (C=O) groups excluding carboxylic acids is 2. The number of anilines is 4. The molecule has 0 saturated heterocycles. The highest BCUT2D eigenvalue weighted by molar-refractivity contribution is 6.06. The molecule has 0 unspecified atom stereocenters. The van der Waals surface area contributed by atoms with Crippen LogP contribution in [0, 0.1) is 22.7 Å². The summed E-state index contributed by atoms with van der Waals surface area (Å²) in [5.74, 6) is 0.730. The number of nitrogens with zero attached hydrogens (tertiary/aromatic N) is 2. The van der Waals surface area contributed by atoms with Gasteiger partial charge in [-0.1, -0.05) is 39.8 Å². The van der Waals surface area contributed by atoms with E-state index in [1.807, 2.05) is 70.1 Å². The molecule has 10 N–H and O–H groups in total. The molecular weight excluding hydrogens is 604 g/mol. The number of hydrogen-bond donors (Lipinski definition) is 8. The molecule has 0 bridgehead atoms. The van der Waals surface area contributed by atoms with Gasteiger partial charge < -0.3 is 41.9 Å². The van der Waals surface area contributed by atoms with Gasteiger partial charge in [0.1, 0.15) is 11.4 Å². The Morgan fingerprint density at radius 1 is 0.646 bits per heavy atom. The van der Waals surface area contributed by atoms with Gasteiger partial charge in [0.15, 0.2) is 0 Å². The molecule has 0 radical (unpaired) electrons. The molecule has 0 fully saturated rings. The lowest BCUT2D eigenvalue weighted by Crippen LogP contribution is -2.17. The van der Waals surface area contributed by atoms with Crippen molar-refractivity contribution < 1.29 is 9.59 Å². The molecule has 2 amide bonds. The predicted octanol–water partition coefficient (Wildman–Crippen LogP) is 6.52. The first-order valence-corrected chi connectivity index (χ1v) is 16.6. The summed E-state index contributed by atoms with van der Waals surface area (Å²) in [5, 5.41) is 29.4. The molecule has 0 aliphatic rings. The Hall–Kier alpha value is -5.26. The van der Waals surface area contributed by atoms with E-state index in [4.69, 9.17) is 22.3 Å². The third kappa shape index (κ3) is 10.4. The molecule has 2 aromatic carbocycles. The van der Waals surface area contributed by atoms with Gasteiger partial charge in [-0.2, -0.15) is 0 Å². The highest BCUT2D eigenvalue weighted by atomic mass is 16.2. The number of amidine groups is 2. The predicted molar refractivity (Wildman–Crippen MR) is 198 cm³/mol. The Morgan fingerprint density at radius 2 is 1.06 bits per heavy atom. The van der Waals surface area contributed by atoms with Crippen LogP contribution in [0.5, 0.6) is 0 Å². The van der Waals surface area contributed by atoms with Crippen LogP contribution in [0.2, 0.25) is 0 Å². The summed E-state index contributed by atoms with van der Waals surface area (Å²) in [4.78, 5) is 27.0. The number of aryl methyl sites for hydroxylation is 2. The summed E-state index contributed by atoms with van der Waals surface area (Å²) < 4.78 is 3.92.